The number of thiophene rings is 1. The van der Waals surface area contributed by atoms with Crippen molar-refractivity contribution in [2.75, 3.05) is 45.9 Å². The highest BCUT2D eigenvalue weighted by atomic mass is 32.1. The van der Waals surface area contributed by atoms with Gasteiger partial charge in [-0.05, 0) is 43.5 Å². The fourth-order valence-corrected chi connectivity index (χ4v) is 4.02. The Bertz CT molecular complexity index is 758. The lowest BCUT2D eigenvalue weighted by Gasteiger charge is -2.35. The number of carbonyl (C=O) groups excluding carboxylic acids is 1. The Balaban J connectivity index is 1.58. The second-order valence-electron chi connectivity index (χ2n) is 6.65. The van der Waals surface area contributed by atoms with E-state index in [2.05, 4.69) is 4.90 Å². The average molecular weight is 405 g/mol. The number of piperazine rings is 1. The predicted octanol–water partition coefficient (Wildman–Crippen LogP) is 3.04. The first kappa shape index (κ1) is 20.6. The van der Waals surface area contributed by atoms with Gasteiger partial charge >= 0.3 is 0 Å². The zero-order chi connectivity index (χ0) is 19.9. The van der Waals surface area contributed by atoms with E-state index >= 15 is 0 Å². The van der Waals surface area contributed by atoms with Crippen LogP contribution in [0.3, 0.4) is 0 Å². The minimum atomic E-state index is -0.470. The molecule has 1 aromatic carbocycles. The number of hydrogen-bond donors (Lipinski definition) is 1. The maximum atomic E-state index is 12.9. The van der Waals surface area contributed by atoms with Crippen LogP contribution in [0.15, 0.2) is 35.7 Å². The van der Waals surface area contributed by atoms with Crippen LogP contribution in [-0.2, 0) is 0 Å². The van der Waals surface area contributed by atoms with Crippen molar-refractivity contribution in [2.24, 2.45) is 0 Å². The second-order valence-corrected chi connectivity index (χ2v) is 7.63. The van der Waals surface area contributed by atoms with Crippen LogP contribution in [0.1, 0.15) is 35.2 Å². The topological polar surface area (TPSA) is 62.2 Å². The molecule has 0 aliphatic carbocycles. The number of hydrogen-bond acceptors (Lipinski definition) is 6. The molecule has 0 radical (unpaired) electrons. The highest BCUT2D eigenvalue weighted by Crippen LogP contribution is 2.29. The number of aliphatic hydroxyl groups excluding tert-OH is 1. The van der Waals surface area contributed by atoms with Crippen molar-refractivity contribution >= 4 is 17.2 Å². The van der Waals surface area contributed by atoms with Gasteiger partial charge in [-0.25, -0.2) is 0 Å². The summed E-state index contributed by atoms with van der Waals surface area (Å²) < 4.78 is 11.2. The van der Waals surface area contributed by atoms with E-state index in [0.717, 1.165) is 18.0 Å². The summed E-state index contributed by atoms with van der Waals surface area (Å²) in [7, 11) is 0. The van der Waals surface area contributed by atoms with Crippen LogP contribution < -0.4 is 9.47 Å². The molecule has 1 aromatic heterocycles. The molecule has 2 heterocycles. The van der Waals surface area contributed by atoms with E-state index in [1.807, 2.05) is 36.3 Å². The lowest BCUT2D eigenvalue weighted by atomic mass is 10.1. The molecule has 3 rings (SSSR count). The van der Waals surface area contributed by atoms with Crippen LogP contribution in [0.25, 0.3) is 0 Å². The standard InChI is InChI=1S/C21H28N2O4S/c1-3-26-18-8-7-16(14-19(18)27-4-2)21(25)23-11-9-22(10-12-23)15-17(24)20-6-5-13-28-20/h5-8,13-14,17,24H,3-4,9-12,15H2,1-2H3. The van der Waals surface area contributed by atoms with Crippen LogP contribution in [0, 0.1) is 0 Å². The molecule has 1 amide bonds. The Labute approximate surface area is 170 Å². The van der Waals surface area contributed by atoms with E-state index in [0.29, 0.717) is 49.9 Å². The van der Waals surface area contributed by atoms with E-state index in [4.69, 9.17) is 9.47 Å². The molecule has 1 fully saturated rings. The Kier molecular flexibility index (Phi) is 7.30. The molecule has 0 bridgehead atoms. The van der Waals surface area contributed by atoms with Crippen LogP contribution >= 0.6 is 11.3 Å². The smallest absolute Gasteiger partial charge is 0.254 e. The zero-order valence-corrected chi connectivity index (χ0v) is 17.3. The molecule has 7 heteroatoms. The third-order valence-corrected chi connectivity index (χ3v) is 5.73. The number of nitrogens with zero attached hydrogens (tertiary/aromatic N) is 2. The second kappa shape index (κ2) is 9.91. The number of carbonyl (C=O) groups is 1. The van der Waals surface area contributed by atoms with E-state index in [-0.39, 0.29) is 5.91 Å². The highest BCUT2D eigenvalue weighted by Gasteiger charge is 2.24. The number of ether oxygens (including phenoxy) is 2. The Morgan fingerprint density at radius 2 is 1.82 bits per heavy atom. The monoisotopic (exact) mass is 404 g/mol. The number of rotatable bonds is 8. The van der Waals surface area contributed by atoms with Gasteiger partial charge in [-0.15, -0.1) is 11.3 Å². The quantitative estimate of drug-likeness (QED) is 0.733. The first-order chi connectivity index (χ1) is 13.6. The summed E-state index contributed by atoms with van der Waals surface area (Å²) in [6.45, 7) is 8.29. The van der Waals surface area contributed by atoms with Gasteiger partial charge in [-0.3, -0.25) is 9.69 Å². The van der Waals surface area contributed by atoms with Crippen molar-refractivity contribution in [1.82, 2.24) is 9.80 Å². The Morgan fingerprint density at radius 1 is 1.11 bits per heavy atom. The van der Waals surface area contributed by atoms with Gasteiger partial charge in [-0.1, -0.05) is 6.07 Å². The first-order valence-electron chi connectivity index (χ1n) is 9.75. The molecule has 1 aliphatic rings. The summed E-state index contributed by atoms with van der Waals surface area (Å²) in [4.78, 5) is 18.0. The first-order valence-corrected chi connectivity index (χ1v) is 10.6. The number of β-amino-alcohol motifs (C(OH)–C–C–N with tert-alkyl or cyclic N) is 1. The van der Waals surface area contributed by atoms with Crippen molar-refractivity contribution in [2.45, 2.75) is 20.0 Å². The molecule has 1 N–H and O–H groups in total. The van der Waals surface area contributed by atoms with E-state index in [1.165, 1.54) is 0 Å². The molecule has 6 nitrogen and oxygen atoms in total. The molecule has 2 aromatic rings. The summed E-state index contributed by atoms with van der Waals surface area (Å²) in [5, 5.41) is 12.3. The molecule has 152 valence electrons. The maximum Gasteiger partial charge on any atom is 0.254 e. The van der Waals surface area contributed by atoms with Gasteiger partial charge in [0.25, 0.3) is 5.91 Å². The molecular weight excluding hydrogens is 376 g/mol. The fraction of sp³-hybridized carbons (Fsp3) is 0.476. The number of amides is 1. The van der Waals surface area contributed by atoms with Gasteiger partial charge in [-0.2, -0.15) is 0 Å². The van der Waals surface area contributed by atoms with E-state index in [1.54, 1.807) is 29.5 Å². The molecule has 1 aliphatic heterocycles. The summed E-state index contributed by atoms with van der Waals surface area (Å²) >= 11 is 1.57. The lowest BCUT2D eigenvalue weighted by molar-refractivity contribution is 0.0532. The molecule has 0 spiro atoms. The van der Waals surface area contributed by atoms with E-state index in [9.17, 15) is 9.90 Å². The van der Waals surface area contributed by atoms with E-state index < -0.39 is 6.10 Å². The third-order valence-electron chi connectivity index (χ3n) is 4.75. The number of benzene rings is 1. The predicted molar refractivity (Wildman–Crippen MR) is 110 cm³/mol. The fourth-order valence-electron chi connectivity index (χ4n) is 3.32. The number of aliphatic hydroxyl groups is 1. The lowest BCUT2D eigenvalue weighted by Crippen LogP contribution is -2.49. The van der Waals surface area contributed by atoms with Crippen molar-refractivity contribution < 1.29 is 19.4 Å². The third kappa shape index (κ3) is 5.04. The normalized spacial score (nSPS) is 16.0. The summed E-state index contributed by atoms with van der Waals surface area (Å²) in [5.41, 5.74) is 0.610. The largest absolute Gasteiger partial charge is 0.490 e. The molecule has 1 atom stereocenters. The van der Waals surface area contributed by atoms with Crippen molar-refractivity contribution in [3.63, 3.8) is 0 Å². The van der Waals surface area contributed by atoms with Crippen molar-refractivity contribution in [3.05, 3.63) is 46.2 Å². The molecule has 1 saturated heterocycles. The highest BCUT2D eigenvalue weighted by molar-refractivity contribution is 7.10. The van der Waals surface area contributed by atoms with Crippen LogP contribution in [0.4, 0.5) is 0 Å². The SMILES string of the molecule is CCOc1ccc(C(=O)N2CCN(CC(O)c3cccs3)CC2)cc1OCC. The molecule has 1 unspecified atom stereocenters. The Morgan fingerprint density at radius 3 is 2.46 bits per heavy atom. The molecular formula is C21H28N2O4S. The van der Waals surface area contributed by atoms with Crippen LogP contribution in [-0.4, -0.2) is 66.8 Å². The van der Waals surface area contributed by atoms with Gasteiger partial charge in [0.2, 0.25) is 0 Å². The minimum Gasteiger partial charge on any atom is -0.490 e. The molecule has 28 heavy (non-hydrogen) atoms. The average Bonchev–Trinajstić information content (AvgIpc) is 3.25. The van der Waals surface area contributed by atoms with Crippen LogP contribution in [0.5, 0.6) is 11.5 Å². The molecule has 0 saturated carbocycles. The Hall–Kier alpha value is -2.09. The van der Waals surface area contributed by atoms with Crippen molar-refractivity contribution in [3.8, 4) is 11.5 Å². The van der Waals surface area contributed by atoms with Gasteiger partial charge < -0.3 is 19.5 Å². The summed E-state index contributed by atoms with van der Waals surface area (Å²) in [6, 6.07) is 9.27. The summed E-state index contributed by atoms with van der Waals surface area (Å²) in [6.07, 6.45) is -0.470. The minimum absolute atomic E-state index is 0.00227. The summed E-state index contributed by atoms with van der Waals surface area (Å²) in [5.74, 6) is 1.27. The van der Waals surface area contributed by atoms with Gasteiger partial charge in [0, 0.05) is 43.2 Å². The van der Waals surface area contributed by atoms with Gasteiger partial charge in [0.1, 0.15) is 6.10 Å². The van der Waals surface area contributed by atoms with Crippen molar-refractivity contribution in [1.29, 1.82) is 0 Å². The van der Waals surface area contributed by atoms with Crippen LogP contribution in [0.2, 0.25) is 0 Å². The zero-order valence-electron chi connectivity index (χ0n) is 16.5. The van der Waals surface area contributed by atoms with Gasteiger partial charge in [0.05, 0.1) is 13.2 Å². The van der Waals surface area contributed by atoms with Gasteiger partial charge in [0.15, 0.2) is 11.5 Å². The maximum absolute atomic E-state index is 12.9.